The Kier molecular flexibility index (Phi) is 5.62. The maximum atomic E-state index is 13.0. The Morgan fingerprint density at radius 2 is 1.59 bits per heavy atom. The normalized spacial score (nSPS) is 11.0. The van der Waals surface area contributed by atoms with Crippen molar-refractivity contribution in [2.24, 2.45) is 0 Å². The van der Waals surface area contributed by atoms with E-state index in [-0.39, 0.29) is 18.0 Å². The van der Waals surface area contributed by atoms with Gasteiger partial charge in [-0.3, -0.25) is 4.79 Å². The minimum absolute atomic E-state index is 0.0967. The lowest BCUT2D eigenvalue weighted by Crippen LogP contribution is -2.42. The van der Waals surface area contributed by atoms with E-state index in [4.69, 9.17) is 0 Å². The first kappa shape index (κ1) is 17.0. The van der Waals surface area contributed by atoms with Gasteiger partial charge in [0.2, 0.25) is 0 Å². The molecule has 2 aromatic carbocycles. The lowest BCUT2D eigenvalue weighted by atomic mass is 9.98. The monoisotopic (exact) mass is 407 g/mol. The van der Waals surface area contributed by atoms with Crippen LogP contribution in [0.15, 0.2) is 48.5 Å². The van der Waals surface area contributed by atoms with E-state index in [1.807, 2.05) is 35.2 Å². The summed E-state index contributed by atoms with van der Waals surface area (Å²) in [6.07, 6.45) is 0. The second kappa shape index (κ2) is 7.27. The van der Waals surface area contributed by atoms with Gasteiger partial charge < -0.3 is 4.90 Å². The van der Waals surface area contributed by atoms with Crippen LogP contribution in [0, 0.1) is 3.57 Å². The average Bonchev–Trinajstić information content (AvgIpc) is 2.46. The molecule has 0 bridgehead atoms. The Morgan fingerprint density at radius 3 is 2.18 bits per heavy atom. The fraction of sp³-hybridized carbons (Fsp3) is 0.316. The van der Waals surface area contributed by atoms with Gasteiger partial charge >= 0.3 is 0 Å². The maximum Gasteiger partial charge on any atom is 0.254 e. The number of halogens is 1. The summed E-state index contributed by atoms with van der Waals surface area (Å²) in [7, 11) is 0. The summed E-state index contributed by atoms with van der Waals surface area (Å²) in [5.74, 6) is 0.0967. The Hall–Kier alpha value is -1.36. The van der Waals surface area contributed by atoms with E-state index in [0.29, 0.717) is 0 Å². The molecule has 0 aliphatic heterocycles. The van der Waals surface area contributed by atoms with E-state index >= 15 is 0 Å². The maximum absolute atomic E-state index is 13.0. The number of amides is 1. The molecule has 2 rings (SSSR count). The lowest BCUT2D eigenvalue weighted by Gasteiger charge is -2.31. The summed E-state index contributed by atoms with van der Waals surface area (Å²) in [5.41, 5.74) is 2.85. The molecule has 0 atom stereocenters. The van der Waals surface area contributed by atoms with Crippen molar-refractivity contribution in [2.45, 2.75) is 39.8 Å². The molecule has 0 radical (unpaired) electrons. The topological polar surface area (TPSA) is 20.3 Å². The van der Waals surface area contributed by atoms with Crippen LogP contribution in [-0.2, 0) is 0 Å². The number of carbonyl (C=O) groups is 1. The number of benzene rings is 2. The van der Waals surface area contributed by atoms with E-state index < -0.39 is 0 Å². The highest BCUT2D eigenvalue weighted by atomic mass is 127. The van der Waals surface area contributed by atoms with Crippen LogP contribution in [0.1, 0.15) is 38.1 Å². The third-order valence-corrected chi connectivity index (χ3v) is 4.31. The van der Waals surface area contributed by atoms with Gasteiger partial charge in [-0.2, -0.15) is 0 Å². The molecule has 1 amide bonds. The van der Waals surface area contributed by atoms with E-state index in [2.05, 4.69) is 68.5 Å². The molecule has 3 heteroatoms. The number of nitrogens with zero attached hydrogens (tertiary/aromatic N) is 1. The van der Waals surface area contributed by atoms with E-state index in [0.717, 1.165) is 16.7 Å². The number of carbonyl (C=O) groups excluding carboxylic acids is 1. The van der Waals surface area contributed by atoms with Gasteiger partial charge in [0.05, 0.1) is 0 Å². The highest BCUT2D eigenvalue weighted by Crippen LogP contribution is 2.27. The van der Waals surface area contributed by atoms with Crippen LogP contribution in [0.25, 0.3) is 11.1 Å². The predicted molar refractivity (Wildman–Crippen MR) is 101 cm³/mol. The van der Waals surface area contributed by atoms with Gasteiger partial charge in [-0.1, -0.05) is 30.3 Å². The standard InChI is InChI=1S/C19H22INO/c1-13(2)21(14(3)4)19(22)18-11-6-5-10-17(18)15-8-7-9-16(20)12-15/h5-14H,1-4H3. The van der Waals surface area contributed by atoms with E-state index in [1.54, 1.807) is 0 Å². The summed E-state index contributed by atoms with van der Waals surface area (Å²) in [6.45, 7) is 8.25. The molecule has 0 aliphatic rings. The molecule has 0 unspecified atom stereocenters. The summed E-state index contributed by atoms with van der Waals surface area (Å²) in [5, 5.41) is 0. The van der Waals surface area contributed by atoms with Crippen LogP contribution in [0.5, 0.6) is 0 Å². The van der Waals surface area contributed by atoms with Gasteiger partial charge in [0.15, 0.2) is 0 Å². The quantitative estimate of drug-likeness (QED) is 0.637. The predicted octanol–water partition coefficient (Wildman–Crippen LogP) is 5.22. The Morgan fingerprint density at radius 1 is 0.955 bits per heavy atom. The molecule has 2 aromatic rings. The van der Waals surface area contributed by atoms with Crippen LogP contribution in [0.3, 0.4) is 0 Å². The van der Waals surface area contributed by atoms with Crippen molar-refractivity contribution in [3.05, 3.63) is 57.7 Å². The Balaban J connectivity index is 2.51. The number of hydrogen-bond donors (Lipinski definition) is 0. The van der Waals surface area contributed by atoms with E-state index in [1.165, 1.54) is 3.57 Å². The summed E-state index contributed by atoms with van der Waals surface area (Å²) in [6, 6.07) is 16.5. The van der Waals surface area contributed by atoms with Crippen molar-refractivity contribution in [1.29, 1.82) is 0 Å². The van der Waals surface area contributed by atoms with Crippen LogP contribution < -0.4 is 0 Å². The first-order valence-electron chi connectivity index (χ1n) is 7.59. The minimum Gasteiger partial charge on any atom is -0.334 e. The third kappa shape index (κ3) is 3.69. The molecule has 2 nitrogen and oxygen atoms in total. The molecule has 0 aromatic heterocycles. The van der Waals surface area contributed by atoms with Crippen LogP contribution in [0.4, 0.5) is 0 Å². The van der Waals surface area contributed by atoms with Crippen molar-refractivity contribution in [2.75, 3.05) is 0 Å². The second-order valence-electron chi connectivity index (χ2n) is 5.96. The molecule has 0 heterocycles. The minimum atomic E-state index is 0.0967. The van der Waals surface area contributed by atoms with Crippen molar-refractivity contribution in [3.8, 4) is 11.1 Å². The van der Waals surface area contributed by atoms with Gasteiger partial charge in [0.25, 0.3) is 5.91 Å². The van der Waals surface area contributed by atoms with Crippen molar-refractivity contribution >= 4 is 28.5 Å². The smallest absolute Gasteiger partial charge is 0.254 e. The zero-order valence-corrected chi connectivity index (χ0v) is 15.7. The molecule has 0 saturated heterocycles. The molecule has 0 aliphatic carbocycles. The summed E-state index contributed by atoms with van der Waals surface area (Å²) in [4.78, 5) is 15.0. The molecule has 0 N–H and O–H groups in total. The van der Waals surface area contributed by atoms with E-state index in [9.17, 15) is 4.79 Å². The lowest BCUT2D eigenvalue weighted by molar-refractivity contribution is 0.0644. The average molecular weight is 407 g/mol. The van der Waals surface area contributed by atoms with Crippen LogP contribution >= 0.6 is 22.6 Å². The molecule has 0 saturated carbocycles. The molecule has 0 fully saturated rings. The van der Waals surface area contributed by atoms with Crippen LogP contribution in [0.2, 0.25) is 0 Å². The van der Waals surface area contributed by atoms with Gasteiger partial charge in [-0.05, 0) is 79.6 Å². The zero-order valence-electron chi connectivity index (χ0n) is 13.5. The highest BCUT2D eigenvalue weighted by molar-refractivity contribution is 14.1. The largest absolute Gasteiger partial charge is 0.334 e. The third-order valence-electron chi connectivity index (χ3n) is 3.64. The molecular weight excluding hydrogens is 385 g/mol. The van der Waals surface area contributed by atoms with Crippen molar-refractivity contribution < 1.29 is 4.79 Å². The van der Waals surface area contributed by atoms with Gasteiger partial charge in [0.1, 0.15) is 0 Å². The van der Waals surface area contributed by atoms with Gasteiger partial charge in [0, 0.05) is 21.2 Å². The number of rotatable bonds is 4. The molecule has 0 spiro atoms. The Bertz CT molecular complexity index is 656. The summed E-state index contributed by atoms with van der Waals surface area (Å²) >= 11 is 2.30. The van der Waals surface area contributed by atoms with Gasteiger partial charge in [-0.15, -0.1) is 0 Å². The fourth-order valence-electron chi connectivity index (χ4n) is 2.78. The number of hydrogen-bond acceptors (Lipinski definition) is 1. The first-order valence-corrected chi connectivity index (χ1v) is 8.67. The second-order valence-corrected chi connectivity index (χ2v) is 7.20. The molecular formula is C19H22INO. The van der Waals surface area contributed by atoms with Crippen molar-refractivity contribution in [3.63, 3.8) is 0 Å². The zero-order chi connectivity index (χ0) is 16.3. The van der Waals surface area contributed by atoms with Gasteiger partial charge in [-0.25, -0.2) is 0 Å². The fourth-order valence-corrected chi connectivity index (χ4v) is 3.32. The van der Waals surface area contributed by atoms with Crippen LogP contribution in [-0.4, -0.2) is 22.9 Å². The first-order chi connectivity index (χ1) is 10.4. The Labute approximate surface area is 146 Å². The SMILES string of the molecule is CC(C)N(C(=O)c1ccccc1-c1cccc(I)c1)C(C)C. The summed E-state index contributed by atoms with van der Waals surface area (Å²) < 4.78 is 1.17. The highest BCUT2D eigenvalue weighted by Gasteiger charge is 2.23. The van der Waals surface area contributed by atoms with Crippen molar-refractivity contribution in [1.82, 2.24) is 4.90 Å². The molecule has 116 valence electrons. The molecule has 22 heavy (non-hydrogen) atoms.